The molecule has 0 radical (unpaired) electrons. The van der Waals surface area contributed by atoms with Crippen LogP contribution >= 0.6 is 0 Å². The smallest absolute Gasteiger partial charge is 0.256 e. The van der Waals surface area contributed by atoms with Gasteiger partial charge in [-0.25, -0.2) is 8.78 Å². The Morgan fingerprint density at radius 2 is 1.40 bits per heavy atom. The van der Waals surface area contributed by atoms with Gasteiger partial charge in [0.1, 0.15) is 11.6 Å². The minimum Gasteiger partial charge on any atom is -0.335 e. The zero-order valence-electron chi connectivity index (χ0n) is 13.8. The van der Waals surface area contributed by atoms with Crippen molar-refractivity contribution in [3.63, 3.8) is 0 Å². The summed E-state index contributed by atoms with van der Waals surface area (Å²) in [5.41, 5.74) is 1.39. The number of rotatable bonds is 2. The summed E-state index contributed by atoms with van der Waals surface area (Å²) in [4.78, 5) is 28.1. The van der Waals surface area contributed by atoms with Gasteiger partial charge in [-0.05, 0) is 30.7 Å². The molecule has 0 N–H and O–H groups in total. The molecule has 2 aromatic rings. The molecule has 4 nitrogen and oxygen atoms in total. The van der Waals surface area contributed by atoms with Crippen LogP contribution in [-0.2, 0) is 0 Å². The van der Waals surface area contributed by atoms with E-state index in [0.717, 1.165) is 17.7 Å². The Morgan fingerprint density at radius 3 is 1.96 bits per heavy atom. The van der Waals surface area contributed by atoms with Crippen LogP contribution in [0.3, 0.4) is 0 Å². The molecule has 6 heteroatoms. The van der Waals surface area contributed by atoms with E-state index in [1.807, 2.05) is 25.1 Å². The van der Waals surface area contributed by atoms with Crippen molar-refractivity contribution in [2.24, 2.45) is 0 Å². The second-order valence-electron chi connectivity index (χ2n) is 6.02. The van der Waals surface area contributed by atoms with Crippen LogP contribution in [0.5, 0.6) is 0 Å². The van der Waals surface area contributed by atoms with E-state index >= 15 is 0 Å². The summed E-state index contributed by atoms with van der Waals surface area (Å²) in [6.45, 7) is 3.26. The number of carbonyl (C=O) groups is 2. The van der Waals surface area contributed by atoms with E-state index in [9.17, 15) is 18.4 Å². The molecule has 0 bridgehead atoms. The maximum absolute atomic E-state index is 13.8. The fourth-order valence-corrected chi connectivity index (χ4v) is 2.93. The van der Waals surface area contributed by atoms with Crippen LogP contribution < -0.4 is 0 Å². The number of nitrogens with zero attached hydrogens (tertiary/aromatic N) is 2. The van der Waals surface area contributed by atoms with Crippen LogP contribution in [0.2, 0.25) is 0 Å². The van der Waals surface area contributed by atoms with E-state index in [1.165, 1.54) is 4.90 Å². The molecule has 1 aliphatic rings. The van der Waals surface area contributed by atoms with Crippen molar-refractivity contribution in [2.45, 2.75) is 6.92 Å². The highest BCUT2D eigenvalue weighted by molar-refractivity contribution is 5.96. The summed E-state index contributed by atoms with van der Waals surface area (Å²) in [5.74, 6) is -2.15. The number of hydrogen-bond donors (Lipinski definition) is 0. The van der Waals surface area contributed by atoms with E-state index in [-0.39, 0.29) is 11.5 Å². The number of halogens is 2. The van der Waals surface area contributed by atoms with Crippen molar-refractivity contribution < 1.29 is 18.4 Å². The lowest BCUT2D eigenvalue weighted by atomic mass is 10.1. The average molecular weight is 344 g/mol. The molecule has 3 rings (SSSR count). The van der Waals surface area contributed by atoms with Crippen LogP contribution in [0.15, 0.2) is 42.5 Å². The lowest BCUT2D eigenvalue weighted by molar-refractivity contribution is 0.0532. The SMILES string of the molecule is Cc1ccccc1C(=O)N1CCN(C(=O)c2ccc(F)cc2F)CC1. The maximum Gasteiger partial charge on any atom is 0.256 e. The first-order chi connectivity index (χ1) is 12.0. The third-order valence-electron chi connectivity index (χ3n) is 4.39. The van der Waals surface area contributed by atoms with E-state index in [4.69, 9.17) is 0 Å². The topological polar surface area (TPSA) is 40.6 Å². The van der Waals surface area contributed by atoms with Gasteiger partial charge in [0.25, 0.3) is 11.8 Å². The Labute approximate surface area is 144 Å². The molecule has 0 aliphatic carbocycles. The van der Waals surface area contributed by atoms with Gasteiger partial charge in [0.05, 0.1) is 5.56 Å². The van der Waals surface area contributed by atoms with Gasteiger partial charge in [0.2, 0.25) is 0 Å². The maximum atomic E-state index is 13.8. The van der Waals surface area contributed by atoms with E-state index in [0.29, 0.717) is 37.8 Å². The lowest BCUT2D eigenvalue weighted by Gasteiger charge is -2.35. The van der Waals surface area contributed by atoms with Gasteiger partial charge in [-0.15, -0.1) is 0 Å². The Morgan fingerprint density at radius 1 is 0.840 bits per heavy atom. The average Bonchev–Trinajstić information content (AvgIpc) is 2.61. The van der Waals surface area contributed by atoms with Gasteiger partial charge in [-0.1, -0.05) is 18.2 Å². The molecule has 1 aliphatic heterocycles. The fourth-order valence-electron chi connectivity index (χ4n) is 2.93. The molecule has 0 atom stereocenters. The minimum atomic E-state index is -0.872. The van der Waals surface area contributed by atoms with Gasteiger partial charge in [-0.2, -0.15) is 0 Å². The Balaban J connectivity index is 1.66. The predicted molar refractivity (Wildman–Crippen MR) is 89.3 cm³/mol. The first kappa shape index (κ1) is 17.1. The predicted octanol–water partition coefficient (Wildman–Crippen LogP) is 2.87. The van der Waals surface area contributed by atoms with Crippen molar-refractivity contribution >= 4 is 11.8 Å². The van der Waals surface area contributed by atoms with E-state index < -0.39 is 17.5 Å². The zero-order valence-corrected chi connectivity index (χ0v) is 13.8. The number of aryl methyl sites for hydroxylation is 1. The molecule has 2 aromatic carbocycles. The summed E-state index contributed by atoms with van der Waals surface area (Å²) >= 11 is 0. The van der Waals surface area contributed by atoms with Crippen molar-refractivity contribution in [2.75, 3.05) is 26.2 Å². The third kappa shape index (κ3) is 3.52. The summed E-state index contributed by atoms with van der Waals surface area (Å²) in [5, 5.41) is 0. The zero-order chi connectivity index (χ0) is 18.0. The van der Waals surface area contributed by atoms with Crippen LogP contribution in [0, 0.1) is 18.6 Å². The molecular formula is C19H18F2N2O2. The van der Waals surface area contributed by atoms with Gasteiger partial charge >= 0.3 is 0 Å². The Bertz CT molecular complexity index is 815. The first-order valence-electron chi connectivity index (χ1n) is 8.06. The van der Waals surface area contributed by atoms with Crippen molar-refractivity contribution in [3.8, 4) is 0 Å². The minimum absolute atomic E-state index is 0.0711. The monoisotopic (exact) mass is 344 g/mol. The second kappa shape index (κ2) is 7.01. The van der Waals surface area contributed by atoms with Gasteiger partial charge in [0, 0.05) is 37.8 Å². The molecule has 1 fully saturated rings. The molecule has 2 amide bonds. The fraction of sp³-hybridized carbons (Fsp3) is 0.263. The van der Waals surface area contributed by atoms with Gasteiger partial charge in [-0.3, -0.25) is 9.59 Å². The van der Waals surface area contributed by atoms with Gasteiger partial charge < -0.3 is 9.80 Å². The van der Waals surface area contributed by atoms with Crippen LogP contribution in [0.25, 0.3) is 0 Å². The van der Waals surface area contributed by atoms with Gasteiger partial charge in [0.15, 0.2) is 0 Å². The number of carbonyl (C=O) groups excluding carboxylic acids is 2. The number of amides is 2. The number of benzene rings is 2. The first-order valence-corrected chi connectivity index (χ1v) is 8.06. The highest BCUT2D eigenvalue weighted by Gasteiger charge is 2.27. The molecule has 130 valence electrons. The summed E-state index contributed by atoms with van der Waals surface area (Å²) < 4.78 is 26.8. The summed E-state index contributed by atoms with van der Waals surface area (Å²) in [7, 11) is 0. The Kier molecular flexibility index (Phi) is 4.79. The largest absolute Gasteiger partial charge is 0.335 e. The third-order valence-corrected chi connectivity index (χ3v) is 4.39. The molecular weight excluding hydrogens is 326 g/mol. The highest BCUT2D eigenvalue weighted by atomic mass is 19.1. The molecule has 0 unspecified atom stereocenters. The molecule has 0 aromatic heterocycles. The van der Waals surface area contributed by atoms with Crippen LogP contribution in [-0.4, -0.2) is 47.8 Å². The highest BCUT2D eigenvalue weighted by Crippen LogP contribution is 2.16. The normalized spacial score (nSPS) is 14.5. The van der Waals surface area contributed by atoms with Crippen molar-refractivity contribution in [1.82, 2.24) is 9.80 Å². The molecule has 25 heavy (non-hydrogen) atoms. The van der Waals surface area contributed by atoms with E-state index in [1.54, 1.807) is 11.0 Å². The lowest BCUT2D eigenvalue weighted by Crippen LogP contribution is -2.50. The number of hydrogen-bond acceptors (Lipinski definition) is 2. The molecule has 1 saturated heterocycles. The van der Waals surface area contributed by atoms with Crippen molar-refractivity contribution in [3.05, 3.63) is 70.8 Å². The van der Waals surface area contributed by atoms with Crippen molar-refractivity contribution in [1.29, 1.82) is 0 Å². The Hall–Kier alpha value is -2.76. The summed E-state index contributed by atoms with van der Waals surface area (Å²) in [6, 6.07) is 10.3. The molecule has 0 saturated carbocycles. The second-order valence-corrected chi connectivity index (χ2v) is 6.02. The van der Waals surface area contributed by atoms with Crippen LogP contribution in [0.4, 0.5) is 8.78 Å². The molecule has 1 heterocycles. The van der Waals surface area contributed by atoms with E-state index in [2.05, 4.69) is 0 Å². The quantitative estimate of drug-likeness (QED) is 0.841. The summed E-state index contributed by atoms with van der Waals surface area (Å²) in [6.07, 6.45) is 0. The number of piperazine rings is 1. The molecule has 0 spiro atoms. The van der Waals surface area contributed by atoms with Crippen LogP contribution in [0.1, 0.15) is 26.3 Å². The standard InChI is InChI=1S/C19H18F2N2O2/c1-13-4-2-3-5-15(13)18(24)22-8-10-23(11-9-22)19(25)16-7-6-14(20)12-17(16)21/h2-7,12H,8-11H2,1H3.